The van der Waals surface area contributed by atoms with Gasteiger partial charge in [0.05, 0.1) is 5.60 Å². The molecule has 1 aliphatic carbocycles. The molecule has 1 saturated carbocycles. The minimum absolute atomic E-state index is 0.314. The van der Waals surface area contributed by atoms with E-state index in [1.54, 1.807) is 0 Å². The van der Waals surface area contributed by atoms with Crippen molar-refractivity contribution < 1.29 is 4.43 Å². The maximum absolute atomic E-state index is 6.32. The molecule has 0 radical (unpaired) electrons. The van der Waals surface area contributed by atoms with Gasteiger partial charge < -0.3 is 4.43 Å². The molecule has 1 nitrogen and oxygen atoms in total. The Morgan fingerprint density at radius 1 is 1.14 bits per heavy atom. The van der Waals surface area contributed by atoms with Gasteiger partial charge in [0.2, 0.25) is 0 Å². The molecule has 0 bridgehead atoms. The minimum atomic E-state index is -0.854. The van der Waals surface area contributed by atoms with Gasteiger partial charge in [-0.15, -0.1) is 0 Å². The third-order valence-corrected chi connectivity index (χ3v) is 4.21. The van der Waals surface area contributed by atoms with Crippen LogP contribution in [0.4, 0.5) is 0 Å². The highest BCUT2D eigenvalue weighted by atomic mass is 28.3. The summed E-state index contributed by atoms with van der Waals surface area (Å²) in [4.78, 5) is 0. The molecule has 0 aliphatic heterocycles. The van der Waals surface area contributed by atoms with Crippen LogP contribution in [0.1, 0.15) is 58.3 Å². The van der Waals surface area contributed by atoms with Crippen molar-refractivity contribution in [3.8, 4) is 0 Å². The lowest BCUT2D eigenvalue weighted by molar-refractivity contribution is 0.0186. The highest BCUT2D eigenvalue weighted by Gasteiger charge is 2.32. The van der Waals surface area contributed by atoms with Crippen molar-refractivity contribution in [2.75, 3.05) is 0 Å². The van der Waals surface area contributed by atoms with Crippen LogP contribution < -0.4 is 0 Å². The van der Waals surface area contributed by atoms with Gasteiger partial charge in [-0.05, 0) is 32.4 Å². The predicted octanol–water partition coefficient (Wildman–Crippen LogP) is 3.88. The van der Waals surface area contributed by atoms with E-state index in [2.05, 4.69) is 20.0 Å². The first-order valence-corrected chi connectivity index (χ1v) is 9.14. The SMILES string of the molecule is CCCCC1(O[SiH](C)C)CCCCC1. The summed E-state index contributed by atoms with van der Waals surface area (Å²) in [5.41, 5.74) is 0.314. The molecule has 0 heterocycles. The molecule has 0 spiro atoms. The van der Waals surface area contributed by atoms with Crippen LogP contribution in [-0.2, 0) is 4.43 Å². The summed E-state index contributed by atoms with van der Waals surface area (Å²) < 4.78 is 6.32. The number of hydrogen-bond donors (Lipinski definition) is 0. The van der Waals surface area contributed by atoms with Gasteiger partial charge >= 0.3 is 0 Å². The highest BCUT2D eigenvalue weighted by Crippen LogP contribution is 2.36. The summed E-state index contributed by atoms with van der Waals surface area (Å²) in [5, 5.41) is 0. The van der Waals surface area contributed by atoms with Gasteiger partial charge in [0.25, 0.3) is 0 Å². The normalized spacial score (nSPS) is 21.4. The van der Waals surface area contributed by atoms with Crippen LogP contribution in [0.5, 0.6) is 0 Å². The van der Waals surface area contributed by atoms with Crippen LogP contribution >= 0.6 is 0 Å². The molecule has 1 rings (SSSR count). The van der Waals surface area contributed by atoms with E-state index in [0.717, 1.165) is 0 Å². The summed E-state index contributed by atoms with van der Waals surface area (Å²) >= 11 is 0. The Morgan fingerprint density at radius 3 is 2.29 bits per heavy atom. The Bertz CT molecular complexity index is 150. The molecule has 0 aromatic heterocycles. The van der Waals surface area contributed by atoms with Crippen LogP contribution in [0.15, 0.2) is 0 Å². The molecule has 0 N–H and O–H groups in total. The summed E-state index contributed by atoms with van der Waals surface area (Å²) in [5.74, 6) is 0. The van der Waals surface area contributed by atoms with E-state index < -0.39 is 9.04 Å². The van der Waals surface area contributed by atoms with Crippen LogP contribution in [0.3, 0.4) is 0 Å². The molecule has 0 atom stereocenters. The van der Waals surface area contributed by atoms with Crippen LogP contribution in [0.2, 0.25) is 13.1 Å². The van der Waals surface area contributed by atoms with Gasteiger partial charge in [-0.3, -0.25) is 0 Å². The van der Waals surface area contributed by atoms with E-state index in [4.69, 9.17) is 4.43 Å². The van der Waals surface area contributed by atoms with Gasteiger partial charge in [-0.2, -0.15) is 0 Å². The monoisotopic (exact) mass is 214 g/mol. The van der Waals surface area contributed by atoms with E-state index >= 15 is 0 Å². The molecular weight excluding hydrogens is 188 g/mol. The lowest BCUT2D eigenvalue weighted by Crippen LogP contribution is -2.38. The smallest absolute Gasteiger partial charge is 0.171 e. The van der Waals surface area contributed by atoms with Gasteiger partial charge in [-0.1, -0.05) is 39.0 Å². The van der Waals surface area contributed by atoms with Crippen molar-refractivity contribution >= 4 is 9.04 Å². The van der Waals surface area contributed by atoms with E-state index in [1.807, 2.05) is 0 Å². The summed E-state index contributed by atoms with van der Waals surface area (Å²) in [7, 11) is -0.854. The zero-order valence-corrected chi connectivity index (χ0v) is 11.3. The summed E-state index contributed by atoms with van der Waals surface area (Å²) in [6, 6.07) is 0. The van der Waals surface area contributed by atoms with E-state index in [-0.39, 0.29) is 0 Å². The quantitative estimate of drug-likeness (QED) is 0.631. The number of rotatable bonds is 5. The second-order valence-corrected chi connectivity index (χ2v) is 7.35. The third-order valence-electron chi connectivity index (χ3n) is 3.24. The van der Waals surface area contributed by atoms with Gasteiger partial charge in [0, 0.05) is 0 Å². The molecular formula is C12H26OSi. The first-order chi connectivity index (χ1) is 6.68. The fourth-order valence-electron chi connectivity index (χ4n) is 2.62. The molecule has 0 saturated heterocycles. The lowest BCUT2D eigenvalue weighted by atomic mass is 9.81. The second-order valence-electron chi connectivity index (χ2n) is 5.01. The summed E-state index contributed by atoms with van der Waals surface area (Å²) in [6.07, 6.45) is 10.9. The average molecular weight is 214 g/mol. The van der Waals surface area contributed by atoms with Crippen LogP contribution in [0.25, 0.3) is 0 Å². The van der Waals surface area contributed by atoms with Gasteiger partial charge in [-0.25, -0.2) is 0 Å². The second kappa shape index (κ2) is 5.91. The molecule has 1 aliphatic rings. The molecule has 0 aromatic rings. The van der Waals surface area contributed by atoms with Crippen molar-refractivity contribution in [3.63, 3.8) is 0 Å². The molecule has 0 aromatic carbocycles. The topological polar surface area (TPSA) is 9.23 Å². The van der Waals surface area contributed by atoms with Crippen molar-refractivity contribution in [3.05, 3.63) is 0 Å². The van der Waals surface area contributed by atoms with Crippen molar-refractivity contribution in [2.45, 2.75) is 77.0 Å². The Kier molecular flexibility index (Phi) is 5.17. The zero-order valence-electron chi connectivity index (χ0n) is 10.1. The Hall–Kier alpha value is 0.177. The minimum Gasteiger partial charge on any atom is -0.415 e. The maximum atomic E-state index is 6.32. The van der Waals surface area contributed by atoms with E-state index in [0.29, 0.717) is 5.60 Å². The van der Waals surface area contributed by atoms with E-state index in [9.17, 15) is 0 Å². The fourth-order valence-corrected chi connectivity index (χ4v) is 3.98. The first kappa shape index (κ1) is 12.2. The van der Waals surface area contributed by atoms with Gasteiger partial charge in [0.15, 0.2) is 9.04 Å². The van der Waals surface area contributed by atoms with Crippen LogP contribution in [0, 0.1) is 0 Å². The Labute approximate surface area is 91.0 Å². The Morgan fingerprint density at radius 2 is 1.79 bits per heavy atom. The number of unbranched alkanes of at least 4 members (excludes halogenated alkanes) is 1. The largest absolute Gasteiger partial charge is 0.415 e. The molecule has 1 fully saturated rings. The fraction of sp³-hybridized carbons (Fsp3) is 1.00. The van der Waals surface area contributed by atoms with Crippen molar-refractivity contribution in [1.29, 1.82) is 0 Å². The van der Waals surface area contributed by atoms with Crippen LogP contribution in [-0.4, -0.2) is 14.6 Å². The molecule has 14 heavy (non-hydrogen) atoms. The van der Waals surface area contributed by atoms with E-state index in [1.165, 1.54) is 51.4 Å². The molecule has 84 valence electrons. The Balaban J connectivity index is 2.47. The van der Waals surface area contributed by atoms with Crippen molar-refractivity contribution in [2.24, 2.45) is 0 Å². The average Bonchev–Trinajstić information content (AvgIpc) is 2.15. The maximum Gasteiger partial charge on any atom is 0.171 e. The molecule has 0 amide bonds. The first-order valence-electron chi connectivity index (χ1n) is 6.36. The standard InChI is InChI=1S/C12H26OSi/c1-4-5-9-12(13-14(2)3)10-7-6-8-11-12/h14H,4-11H2,1-3H3. The molecule has 0 unspecified atom stereocenters. The summed E-state index contributed by atoms with van der Waals surface area (Å²) in [6.45, 7) is 6.90. The predicted molar refractivity (Wildman–Crippen MR) is 65.3 cm³/mol. The van der Waals surface area contributed by atoms with Crippen molar-refractivity contribution in [1.82, 2.24) is 0 Å². The molecule has 2 heteroatoms. The zero-order chi connectivity index (χ0) is 10.4. The number of hydrogen-bond acceptors (Lipinski definition) is 1. The third kappa shape index (κ3) is 3.74. The highest BCUT2D eigenvalue weighted by molar-refractivity contribution is 6.48. The van der Waals surface area contributed by atoms with Gasteiger partial charge in [0.1, 0.15) is 0 Å². The lowest BCUT2D eigenvalue weighted by Gasteiger charge is -2.39.